The van der Waals surface area contributed by atoms with Crippen molar-refractivity contribution in [3.63, 3.8) is 0 Å². The molecular weight excluding hydrogens is 206 g/mol. The Hall–Kier alpha value is -1.32. The molecule has 4 nitrogen and oxygen atoms in total. The van der Waals surface area contributed by atoms with Gasteiger partial charge in [-0.05, 0) is 46.6 Å². The van der Waals surface area contributed by atoms with Crippen molar-refractivity contribution in [2.24, 2.45) is 0 Å². The molecule has 0 aromatic rings. The van der Waals surface area contributed by atoms with Crippen LogP contribution in [0.3, 0.4) is 0 Å². The molecule has 0 radical (unpaired) electrons. The molecule has 0 bridgehead atoms. The summed E-state index contributed by atoms with van der Waals surface area (Å²) in [4.78, 5) is 23.9. The van der Waals surface area contributed by atoms with Crippen molar-refractivity contribution >= 4 is 12.4 Å². The van der Waals surface area contributed by atoms with E-state index in [1.807, 2.05) is 27.7 Å². The third kappa shape index (κ3) is 3.08. The number of rotatable bonds is 1. The number of allylic oxidation sites excluding steroid dienone is 2. The summed E-state index contributed by atoms with van der Waals surface area (Å²) in [7, 11) is 0. The standard InChI is InChI=1S/C12H19NO3/c1-9-5-6-10(7-8-14)13(9)11(15)16-12(2,3)4/h7-9H,5-6H2,1-4H3/b10-7+/t9-/m0/s1. The van der Waals surface area contributed by atoms with Crippen LogP contribution in [-0.2, 0) is 9.53 Å². The van der Waals surface area contributed by atoms with Gasteiger partial charge in [0.05, 0.1) is 0 Å². The molecule has 0 spiro atoms. The summed E-state index contributed by atoms with van der Waals surface area (Å²) in [6, 6.07) is 0.0982. The first-order chi connectivity index (χ1) is 7.35. The number of carbonyl (C=O) groups is 2. The van der Waals surface area contributed by atoms with Gasteiger partial charge in [0.25, 0.3) is 0 Å². The SMILES string of the molecule is C[C@H]1CC/C(=C\C=O)N1C(=O)OC(C)(C)C. The van der Waals surface area contributed by atoms with Gasteiger partial charge in [0, 0.05) is 11.7 Å². The maximum absolute atomic E-state index is 11.9. The van der Waals surface area contributed by atoms with Crippen molar-refractivity contribution in [1.29, 1.82) is 0 Å². The van der Waals surface area contributed by atoms with Crippen LogP contribution in [0.5, 0.6) is 0 Å². The van der Waals surface area contributed by atoms with E-state index in [4.69, 9.17) is 4.74 Å². The molecular formula is C12H19NO3. The van der Waals surface area contributed by atoms with Gasteiger partial charge in [-0.1, -0.05) is 0 Å². The highest BCUT2D eigenvalue weighted by atomic mass is 16.6. The topological polar surface area (TPSA) is 46.6 Å². The number of aldehydes is 1. The van der Waals surface area contributed by atoms with E-state index in [1.54, 1.807) is 4.90 Å². The molecule has 90 valence electrons. The molecule has 0 aliphatic carbocycles. The molecule has 0 aromatic carbocycles. The molecule has 4 heteroatoms. The zero-order valence-corrected chi connectivity index (χ0v) is 10.3. The number of hydrogen-bond acceptors (Lipinski definition) is 3. The minimum Gasteiger partial charge on any atom is -0.443 e. The highest BCUT2D eigenvalue weighted by molar-refractivity contribution is 5.74. The Labute approximate surface area is 96.3 Å². The summed E-state index contributed by atoms with van der Waals surface area (Å²) in [6.07, 6.45) is 3.40. The van der Waals surface area contributed by atoms with E-state index in [1.165, 1.54) is 6.08 Å². The lowest BCUT2D eigenvalue weighted by atomic mass is 10.2. The maximum Gasteiger partial charge on any atom is 0.414 e. The average Bonchev–Trinajstić information content (AvgIpc) is 2.44. The third-order valence-corrected chi connectivity index (χ3v) is 2.42. The maximum atomic E-state index is 11.9. The zero-order valence-electron chi connectivity index (χ0n) is 10.3. The van der Waals surface area contributed by atoms with Gasteiger partial charge in [-0.2, -0.15) is 0 Å². The molecule has 1 heterocycles. The van der Waals surface area contributed by atoms with E-state index in [0.29, 0.717) is 6.29 Å². The molecule has 1 saturated heterocycles. The lowest BCUT2D eigenvalue weighted by Gasteiger charge is -2.27. The van der Waals surface area contributed by atoms with E-state index in [9.17, 15) is 9.59 Å². The summed E-state index contributed by atoms with van der Waals surface area (Å²) in [5.74, 6) is 0. The summed E-state index contributed by atoms with van der Waals surface area (Å²) >= 11 is 0. The fraction of sp³-hybridized carbons (Fsp3) is 0.667. The Morgan fingerprint density at radius 2 is 2.12 bits per heavy atom. The van der Waals surface area contributed by atoms with Crippen molar-refractivity contribution in [2.45, 2.75) is 52.2 Å². The fourth-order valence-corrected chi connectivity index (χ4v) is 1.74. The van der Waals surface area contributed by atoms with E-state index in [-0.39, 0.29) is 12.1 Å². The minimum absolute atomic E-state index is 0.0982. The van der Waals surface area contributed by atoms with Crippen LogP contribution in [0.2, 0.25) is 0 Å². The normalized spacial score (nSPS) is 23.6. The number of ether oxygens (including phenoxy) is 1. The number of nitrogens with zero attached hydrogens (tertiary/aromatic N) is 1. The number of carbonyl (C=O) groups excluding carboxylic acids is 2. The summed E-state index contributed by atoms with van der Waals surface area (Å²) < 4.78 is 5.30. The van der Waals surface area contributed by atoms with Crippen molar-refractivity contribution in [3.05, 3.63) is 11.8 Å². The highest BCUT2D eigenvalue weighted by Crippen LogP contribution is 2.28. The van der Waals surface area contributed by atoms with Gasteiger partial charge in [0.15, 0.2) is 0 Å². The van der Waals surface area contributed by atoms with Crippen LogP contribution in [0.4, 0.5) is 4.79 Å². The molecule has 0 unspecified atom stereocenters. The van der Waals surface area contributed by atoms with Crippen LogP contribution in [0.25, 0.3) is 0 Å². The van der Waals surface area contributed by atoms with E-state index >= 15 is 0 Å². The van der Waals surface area contributed by atoms with E-state index in [2.05, 4.69) is 0 Å². The zero-order chi connectivity index (χ0) is 12.3. The van der Waals surface area contributed by atoms with Gasteiger partial charge in [-0.25, -0.2) is 4.79 Å². The van der Waals surface area contributed by atoms with Gasteiger partial charge in [0.2, 0.25) is 0 Å². The van der Waals surface area contributed by atoms with Crippen molar-refractivity contribution in [3.8, 4) is 0 Å². The van der Waals surface area contributed by atoms with Crippen LogP contribution in [0, 0.1) is 0 Å². The third-order valence-electron chi connectivity index (χ3n) is 2.42. The molecule has 1 aliphatic rings. The second-order valence-electron chi connectivity index (χ2n) is 5.03. The van der Waals surface area contributed by atoms with E-state index in [0.717, 1.165) is 18.5 Å². The number of likely N-dealkylation sites (tertiary alicyclic amines) is 1. The molecule has 1 rings (SSSR count). The van der Waals surface area contributed by atoms with Crippen molar-refractivity contribution < 1.29 is 14.3 Å². The lowest BCUT2D eigenvalue weighted by Crippen LogP contribution is -2.37. The van der Waals surface area contributed by atoms with E-state index < -0.39 is 5.60 Å². The number of hydrogen-bond donors (Lipinski definition) is 0. The predicted octanol–water partition coefficient (Wildman–Crippen LogP) is 2.49. The molecule has 1 atom stereocenters. The Kier molecular flexibility index (Phi) is 3.73. The largest absolute Gasteiger partial charge is 0.443 e. The molecule has 1 amide bonds. The van der Waals surface area contributed by atoms with Gasteiger partial charge in [0.1, 0.15) is 11.9 Å². The smallest absolute Gasteiger partial charge is 0.414 e. The monoisotopic (exact) mass is 225 g/mol. The Morgan fingerprint density at radius 3 is 2.62 bits per heavy atom. The van der Waals surface area contributed by atoms with Crippen LogP contribution in [0.15, 0.2) is 11.8 Å². The Balaban J connectivity index is 2.80. The van der Waals surface area contributed by atoms with Crippen LogP contribution < -0.4 is 0 Å². The van der Waals surface area contributed by atoms with Gasteiger partial charge in [-0.15, -0.1) is 0 Å². The molecule has 0 aromatic heterocycles. The highest BCUT2D eigenvalue weighted by Gasteiger charge is 2.32. The summed E-state index contributed by atoms with van der Waals surface area (Å²) in [5.41, 5.74) is 0.239. The molecule has 1 aliphatic heterocycles. The van der Waals surface area contributed by atoms with Crippen molar-refractivity contribution in [1.82, 2.24) is 4.90 Å². The fourth-order valence-electron chi connectivity index (χ4n) is 1.74. The predicted molar refractivity (Wildman–Crippen MR) is 60.9 cm³/mol. The van der Waals surface area contributed by atoms with Gasteiger partial charge < -0.3 is 4.74 Å². The summed E-state index contributed by atoms with van der Waals surface area (Å²) in [5, 5.41) is 0. The Morgan fingerprint density at radius 1 is 1.50 bits per heavy atom. The lowest BCUT2D eigenvalue weighted by molar-refractivity contribution is -0.104. The Bertz CT molecular complexity index is 315. The van der Waals surface area contributed by atoms with Crippen LogP contribution in [0.1, 0.15) is 40.5 Å². The van der Waals surface area contributed by atoms with Crippen LogP contribution in [-0.4, -0.2) is 28.9 Å². The van der Waals surface area contributed by atoms with Gasteiger partial charge in [-0.3, -0.25) is 9.69 Å². The first-order valence-corrected chi connectivity index (χ1v) is 5.51. The van der Waals surface area contributed by atoms with Gasteiger partial charge >= 0.3 is 6.09 Å². The second kappa shape index (κ2) is 4.68. The molecule has 0 saturated carbocycles. The van der Waals surface area contributed by atoms with Crippen LogP contribution >= 0.6 is 0 Å². The first-order valence-electron chi connectivity index (χ1n) is 5.51. The first kappa shape index (κ1) is 12.7. The molecule has 0 N–H and O–H groups in total. The number of amides is 1. The van der Waals surface area contributed by atoms with Crippen molar-refractivity contribution in [2.75, 3.05) is 0 Å². The second-order valence-corrected chi connectivity index (χ2v) is 5.03. The minimum atomic E-state index is -0.508. The average molecular weight is 225 g/mol. The molecule has 16 heavy (non-hydrogen) atoms. The molecule has 1 fully saturated rings. The summed E-state index contributed by atoms with van der Waals surface area (Å²) in [6.45, 7) is 7.44. The quantitative estimate of drug-likeness (QED) is 0.509.